The van der Waals surface area contributed by atoms with Crippen LogP contribution in [0.1, 0.15) is 10.4 Å². The molecule has 1 aromatic carbocycles. The maximum atomic E-state index is 12.8. The summed E-state index contributed by atoms with van der Waals surface area (Å²) in [6.45, 7) is 0.535. The minimum atomic E-state index is -0.399. The molecule has 0 atom stereocenters. The second kappa shape index (κ2) is 6.35. The summed E-state index contributed by atoms with van der Waals surface area (Å²) < 4.78 is 14.2. The Morgan fingerprint density at radius 1 is 1.22 bits per heavy atom. The summed E-state index contributed by atoms with van der Waals surface area (Å²) in [6.07, 6.45) is 4.48. The zero-order valence-corrected chi connectivity index (χ0v) is 12.1. The highest BCUT2D eigenvalue weighted by molar-refractivity contribution is 5.94. The number of aromatic nitrogens is 3. The molecule has 0 saturated carbocycles. The number of carbonyl (C=O) groups excluding carboxylic acids is 1. The minimum absolute atomic E-state index is 0.209. The van der Waals surface area contributed by atoms with E-state index in [0.29, 0.717) is 16.5 Å². The van der Waals surface area contributed by atoms with Crippen molar-refractivity contribution in [3.05, 3.63) is 70.8 Å². The second-order valence-corrected chi connectivity index (χ2v) is 4.90. The predicted octanol–water partition coefficient (Wildman–Crippen LogP) is 1.36. The van der Waals surface area contributed by atoms with Gasteiger partial charge in [-0.15, -0.1) is 0 Å². The Hall–Kier alpha value is -3.09. The van der Waals surface area contributed by atoms with Gasteiger partial charge in [0.2, 0.25) is 0 Å². The molecule has 3 aromatic rings. The Bertz CT molecular complexity index is 906. The number of rotatable bonds is 4. The highest BCUT2D eigenvalue weighted by Crippen LogP contribution is 2.03. The van der Waals surface area contributed by atoms with Gasteiger partial charge in [0.25, 0.3) is 11.5 Å². The topological polar surface area (TPSA) is 76.9 Å². The van der Waals surface area contributed by atoms with Crippen LogP contribution in [-0.4, -0.2) is 27.0 Å². The Balaban J connectivity index is 1.67. The average molecular weight is 312 g/mol. The Labute approximate surface area is 130 Å². The van der Waals surface area contributed by atoms with Crippen LogP contribution >= 0.6 is 0 Å². The van der Waals surface area contributed by atoms with Gasteiger partial charge in [0.05, 0.1) is 17.2 Å². The van der Waals surface area contributed by atoms with Crippen LogP contribution in [-0.2, 0) is 6.54 Å². The second-order valence-electron chi connectivity index (χ2n) is 4.90. The monoisotopic (exact) mass is 312 g/mol. The van der Waals surface area contributed by atoms with Gasteiger partial charge in [-0.2, -0.15) is 0 Å². The van der Waals surface area contributed by atoms with E-state index in [9.17, 15) is 14.0 Å². The molecule has 1 N–H and O–H groups in total. The van der Waals surface area contributed by atoms with Crippen molar-refractivity contribution in [2.24, 2.45) is 0 Å². The lowest BCUT2D eigenvalue weighted by atomic mass is 10.2. The zero-order valence-electron chi connectivity index (χ0n) is 12.1. The van der Waals surface area contributed by atoms with E-state index in [0.717, 1.165) is 0 Å². The summed E-state index contributed by atoms with van der Waals surface area (Å²) >= 11 is 0. The molecular weight excluding hydrogens is 299 g/mol. The molecule has 23 heavy (non-hydrogen) atoms. The van der Waals surface area contributed by atoms with Gasteiger partial charge in [-0.05, 0) is 30.3 Å². The van der Waals surface area contributed by atoms with Crippen LogP contribution in [0.5, 0.6) is 0 Å². The Kier molecular flexibility index (Phi) is 4.09. The number of pyridine rings is 1. The molecule has 3 rings (SSSR count). The van der Waals surface area contributed by atoms with Crippen molar-refractivity contribution < 1.29 is 9.18 Å². The smallest absolute Gasteiger partial charge is 0.262 e. The van der Waals surface area contributed by atoms with E-state index in [1.807, 2.05) is 0 Å². The van der Waals surface area contributed by atoms with Crippen molar-refractivity contribution in [1.82, 2.24) is 19.9 Å². The first-order chi connectivity index (χ1) is 11.1. The molecule has 0 saturated heterocycles. The van der Waals surface area contributed by atoms with E-state index in [-0.39, 0.29) is 24.6 Å². The van der Waals surface area contributed by atoms with E-state index in [1.165, 1.54) is 41.4 Å². The van der Waals surface area contributed by atoms with Crippen molar-refractivity contribution in [1.29, 1.82) is 0 Å². The van der Waals surface area contributed by atoms with Gasteiger partial charge in [-0.1, -0.05) is 0 Å². The van der Waals surface area contributed by atoms with Crippen LogP contribution in [0, 0.1) is 5.82 Å². The molecule has 2 heterocycles. The Morgan fingerprint density at radius 2 is 2.00 bits per heavy atom. The Morgan fingerprint density at radius 3 is 2.78 bits per heavy atom. The van der Waals surface area contributed by atoms with Gasteiger partial charge < -0.3 is 5.32 Å². The lowest BCUT2D eigenvalue weighted by Crippen LogP contribution is -2.31. The molecule has 0 aliphatic carbocycles. The zero-order chi connectivity index (χ0) is 16.2. The van der Waals surface area contributed by atoms with Gasteiger partial charge in [-0.25, -0.2) is 9.37 Å². The fraction of sp³-hybridized carbons (Fsp3) is 0.125. The van der Waals surface area contributed by atoms with Gasteiger partial charge in [0.15, 0.2) is 0 Å². The summed E-state index contributed by atoms with van der Waals surface area (Å²) in [4.78, 5) is 32.2. The molecule has 0 radical (unpaired) electrons. The predicted molar refractivity (Wildman–Crippen MR) is 82.5 cm³/mol. The molecule has 0 aliphatic heterocycles. The van der Waals surface area contributed by atoms with Gasteiger partial charge >= 0.3 is 0 Å². The van der Waals surface area contributed by atoms with E-state index < -0.39 is 5.82 Å². The van der Waals surface area contributed by atoms with Gasteiger partial charge in [0, 0.05) is 31.0 Å². The fourth-order valence-corrected chi connectivity index (χ4v) is 2.16. The first-order valence-corrected chi connectivity index (χ1v) is 6.98. The van der Waals surface area contributed by atoms with Gasteiger partial charge in [0.1, 0.15) is 5.82 Å². The minimum Gasteiger partial charge on any atom is -0.350 e. The number of halogens is 1. The van der Waals surface area contributed by atoms with E-state index >= 15 is 0 Å². The molecule has 0 fully saturated rings. The number of hydrogen-bond acceptors (Lipinski definition) is 4. The molecule has 0 unspecified atom stereocenters. The summed E-state index contributed by atoms with van der Waals surface area (Å²) in [5, 5.41) is 3.11. The first kappa shape index (κ1) is 14.8. The largest absolute Gasteiger partial charge is 0.350 e. The molecule has 0 spiro atoms. The lowest BCUT2D eigenvalue weighted by molar-refractivity contribution is 0.0952. The highest BCUT2D eigenvalue weighted by atomic mass is 19.1. The van der Waals surface area contributed by atoms with Crippen LogP contribution in [0.4, 0.5) is 4.39 Å². The van der Waals surface area contributed by atoms with Crippen molar-refractivity contribution in [3.8, 4) is 0 Å². The number of benzene rings is 1. The fourth-order valence-electron chi connectivity index (χ4n) is 2.16. The summed E-state index contributed by atoms with van der Waals surface area (Å²) in [5.41, 5.74) is 0.732. The number of amides is 1. The molecule has 6 nitrogen and oxygen atoms in total. The average Bonchev–Trinajstić information content (AvgIpc) is 2.57. The first-order valence-electron chi connectivity index (χ1n) is 6.98. The van der Waals surface area contributed by atoms with Crippen molar-refractivity contribution >= 4 is 16.8 Å². The number of nitrogens with one attached hydrogen (secondary N) is 1. The summed E-state index contributed by atoms with van der Waals surface area (Å²) in [7, 11) is 0. The van der Waals surface area contributed by atoms with E-state index in [2.05, 4.69) is 15.3 Å². The van der Waals surface area contributed by atoms with Crippen LogP contribution in [0.25, 0.3) is 10.9 Å². The molecule has 7 heteroatoms. The number of nitrogens with zero attached hydrogens (tertiary/aromatic N) is 3. The SMILES string of the molecule is O=C(NCCn1cnc2ccncc2c1=O)c1ccc(F)cc1. The lowest BCUT2D eigenvalue weighted by Gasteiger charge is -2.08. The third-order valence-corrected chi connectivity index (χ3v) is 3.37. The highest BCUT2D eigenvalue weighted by Gasteiger charge is 2.06. The molecular formula is C16H13FN4O2. The normalized spacial score (nSPS) is 10.7. The molecule has 0 bridgehead atoms. The van der Waals surface area contributed by atoms with Crippen molar-refractivity contribution in [3.63, 3.8) is 0 Å². The molecule has 116 valence electrons. The molecule has 1 amide bonds. The van der Waals surface area contributed by atoms with Crippen LogP contribution in [0.2, 0.25) is 0 Å². The number of hydrogen-bond donors (Lipinski definition) is 1. The summed E-state index contributed by atoms with van der Waals surface area (Å²) in [6, 6.07) is 6.91. The number of carbonyl (C=O) groups is 1. The standard InChI is InChI=1S/C16H13FN4O2/c17-12-3-1-11(2-4-12)15(22)19-7-8-21-10-20-14-5-6-18-9-13(14)16(21)23/h1-6,9-10H,7-8H2,(H,19,22). The summed E-state index contributed by atoms with van der Waals surface area (Å²) in [5.74, 6) is -0.725. The van der Waals surface area contributed by atoms with Crippen LogP contribution < -0.4 is 10.9 Å². The van der Waals surface area contributed by atoms with Gasteiger partial charge in [-0.3, -0.25) is 19.1 Å². The van der Waals surface area contributed by atoms with E-state index in [4.69, 9.17) is 0 Å². The van der Waals surface area contributed by atoms with Crippen LogP contribution in [0.3, 0.4) is 0 Å². The van der Waals surface area contributed by atoms with Crippen LogP contribution in [0.15, 0.2) is 53.8 Å². The van der Waals surface area contributed by atoms with Crippen molar-refractivity contribution in [2.45, 2.75) is 6.54 Å². The van der Waals surface area contributed by atoms with Crippen molar-refractivity contribution in [2.75, 3.05) is 6.54 Å². The van der Waals surface area contributed by atoms with E-state index in [1.54, 1.807) is 12.3 Å². The molecule has 2 aromatic heterocycles. The maximum Gasteiger partial charge on any atom is 0.262 e. The number of fused-ring (bicyclic) bond motifs is 1. The quantitative estimate of drug-likeness (QED) is 0.789. The third-order valence-electron chi connectivity index (χ3n) is 3.37. The third kappa shape index (κ3) is 3.23. The molecule has 0 aliphatic rings. The maximum absolute atomic E-state index is 12.8.